The lowest BCUT2D eigenvalue weighted by atomic mass is 9.93. The number of aromatic carboxylic acids is 1. The minimum atomic E-state index is -1.44. The predicted octanol–water partition coefficient (Wildman–Crippen LogP) is 2.12. The van der Waals surface area contributed by atoms with Gasteiger partial charge in [0.25, 0.3) is 0 Å². The van der Waals surface area contributed by atoms with Gasteiger partial charge >= 0.3 is 5.97 Å². The van der Waals surface area contributed by atoms with Gasteiger partial charge in [0.2, 0.25) is 11.3 Å². The Hall–Kier alpha value is -2.81. The van der Waals surface area contributed by atoms with Crippen molar-refractivity contribution in [3.8, 4) is 5.88 Å². The van der Waals surface area contributed by atoms with E-state index in [2.05, 4.69) is 0 Å². The van der Waals surface area contributed by atoms with Crippen LogP contribution in [-0.2, 0) is 0 Å². The number of pyridine rings is 1. The summed E-state index contributed by atoms with van der Waals surface area (Å²) in [7, 11) is 1.31. The molecule has 0 bridgehead atoms. The van der Waals surface area contributed by atoms with E-state index in [4.69, 9.17) is 10.5 Å². The SMILES string of the molecule is COc1c(C(=O)O)c(=O)c2c(N)c(F)c(N3CCC(C)(O)CC3)cc2n1C1CC1. The molecule has 1 aromatic heterocycles. The van der Waals surface area contributed by atoms with Crippen molar-refractivity contribution in [3.63, 3.8) is 0 Å². The maximum atomic E-state index is 15.2. The molecule has 2 heterocycles. The van der Waals surface area contributed by atoms with Crippen LogP contribution in [0.1, 0.15) is 49.0 Å². The topological polar surface area (TPSA) is 118 Å². The van der Waals surface area contributed by atoms with E-state index in [9.17, 15) is 19.8 Å². The first kappa shape index (κ1) is 19.5. The molecule has 1 saturated carbocycles. The molecule has 4 rings (SSSR count). The van der Waals surface area contributed by atoms with Gasteiger partial charge in [-0.1, -0.05) is 0 Å². The number of benzene rings is 1. The third kappa shape index (κ3) is 3.09. The summed E-state index contributed by atoms with van der Waals surface area (Å²) >= 11 is 0. The van der Waals surface area contributed by atoms with Crippen molar-refractivity contribution in [1.29, 1.82) is 0 Å². The first-order chi connectivity index (χ1) is 13.7. The highest BCUT2D eigenvalue weighted by atomic mass is 19.1. The van der Waals surface area contributed by atoms with Gasteiger partial charge in [-0.25, -0.2) is 9.18 Å². The largest absolute Gasteiger partial charge is 0.481 e. The number of aromatic nitrogens is 1. The summed E-state index contributed by atoms with van der Waals surface area (Å²) in [5.74, 6) is -2.23. The summed E-state index contributed by atoms with van der Waals surface area (Å²) in [6, 6.07) is 1.51. The lowest BCUT2D eigenvalue weighted by Crippen LogP contribution is -2.42. The zero-order chi connectivity index (χ0) is 21.1. The van der Waals surface area contributed by atoms with Crippen molar-refractivity contribution in [1.82, 2.24) is 4.57 Å². The number of anilines is 2. The number of nitrogens with two attached hydrogens (primary N) is 1. The van der Waals surface area contributed by atoms with Gasteiger partial charge in [-0.05, 0) is 38.7 Å². The number of ether oxygens (including phenoxy) is 1. The fourth-order valence-corrected chi connectivity index (χ4v) is 4.08. The minimum Gasteiger partial charge on any atom is -0.481 e. The van der Waals surface area contributed by atoms with E-state index in [0.29, 0.717) is 31.4 Å². The number of piperidine rings is 1. The Kier molecular flexibility index (Phi) is 4.45. The van der Waals surface area contributed by atoms with Crippen LogP contribution in [0.5, 0.6) is 5.88 Å². The van der Waals surface area contributed by atoms with Crippen molar-refractivity contribution >= 4 is 28.2 Å². The second-order valence-corrected chi connectivity index (χ2v) is 8.12. The third-order valence-electron chi connectivity index (χ3n) is 5.91. The first-order valence-electron chi connectivity index (χ1n) is 9.61. The number of methoxy groups -OCH3 is 1. The summed E-state index contributed by atoms with van der Waals surface area (Å²) < 4.78 is 22.2. The summed E-state index contributed by atoms with van der Waals surface area (Å²) in [6.45, 7) is 2.62. The molecule has 1 aliphatic heterocycles. The number of carboxylic acid groups (broad SMARTS) is 1. The summed E-state index contributed by atoms with van der Waals surface area (Å²) in [5, 5.41) is 19.6. The monoisotopic (exact) mass is 405 g/mol. The number of halogens is 1. The van der Waals surface area contributed by atoms with Gasteiger partial charge in [-0.2, -0.15) is 0 Å². The van der Waals surface area contributed by atoms with Crippen molar-refractivity contribution in [2.45, 2.75) is 44.2 Å². The quantitative estimate of drug-likeness (QED) is 0.667. The number of hydrogen-bond donors (Lipinski definition) is 3. The molecule has 2 fully saturated rings. The molecule has 2 aromatic rings. The van der Waals surface area contributed by atoms with Crippen LogP contribution in [0.4, 0.5) is 15.8 Å². The number of nitrogen functional groups attached to an aromatic ring is 1. The second-order valence-electron chi connectivity index (χ2n) is 8.12. The Morgan fingerprint density at radius 1 is 1.34 bits per heavy atom. The Balaban J connectivity index is 2.00. The Labute approximate surface area is 166 Å². The average molecular weight is 405 g/mol. The molecule has 0 unspecified atom stereocenters. The number of nitrogens with zero attached hydrogens (tertiary/aromatic N) is 2. The molecule has 2 aliphatic rings. The van der Waals surface area contributed by atoms with Gasteiger partial charge in [0.1, 0.15) is 0 Å². The normalized spacial score (nSPS) is 18.8. The Bertz CT molecular complexity index is 1060. The van der Waals surface area contributed by atoms with Gasteiger partial charge in [-0.3, -0.25) is 4.79 Å². The fourth-order valence-electron chi connectivity index (χ4n) is 4.08. The highest BCUT2D eigenvalue weighted by Gasteiger charge is 2.35. The molecular weight excluding hydrogens is 381 g/mol. The van der Waals surface area contributed by atoms with Gasteiger partial charge in [0, 0.05) is 19.1 Å². The number of carbonyl (C=O) groups is 1. The summed E-state index contributed by atoms with van der Waals surface area (Å²) in [6.07, 6.45) is 2.54. The van der Waals surface area contributed by atoms with Crippen LogP contribution in [0.25, 0.3) is 10.9 Å². The number of carboxylic acids is 1. The maximum Gasteiger partial charge on any atom is 0.345 e. The molecule has 29 heavy (non-hydrogen) atoms. The molecule has 1 aliphatic carbocycles. The van der Waals surface area contributed by atoms with Gasteiger partial charge in [0.05, 0.1) is 35.0 Å². The van der Waals surface area contributed by atoms with Crippen LogP contribution in [0, 0.1) is 5.82 Å². The molecule has 0 radical (unpaired) electrons. The van der Waals surface area contributed by atoms with Crippen molar-refractivity contribution in [2.24, 2.45) is 0 Å². The third-order valence-corrected chi connectivity index (χ3v) is 5.91. The van der Waals surface area contributed by atoms with Crippen molar-refractivity contribution in [2.75, 3.05) is 30.8 Å². The van der Waals surface area contributed by atoms with Gasteiger partial charge < -0.3 is 30.2 Å². The molecule has 9 heteroatoms. The van der Waals surface area contributed by atoms with Crippen LogP contribution in [-0.4, -0.2) is 46.5 Å². The summed E-state index contributed by atoms with van der Waals surface area (Å²) in [5.41, 5.74) is 4.08. The van der Waals surface area contributed by atoms with Crippen molar-refractivity contribution in [3.05, 3.63) is 27.7 Å². The van der Waals surface area contributed by atoms with Crippen LogP contribution < -0.4 is 20.8 Å². The second kappa shape index (κ2) is 6.62. The Morgan fingerprint density at radius 2 is 1.97 bits per heavy atom. The van der Waals surface area contributed by atoms with E-state index in [1.807, 2.05) is 0 Å². The Morgan fingerprint density at radius 3 is 2.48 bits per heavy atom. The molecular formula is C20H24FN3O5. The predicted molar refractivity (Wildman–Crippen MR) is 106 cm³/mol. The van der Waals surface area contributed by atoms with Crippen LogP contribution >= 0.6 is 0 Å². The van der Waals surface area contributed by atoms with Crippen LogP contribution in [0.3, 0.4) is 0 Å². The van der Waals surface area contributed by atoms with E-state index in [1.165, 1.54) is 7.11 Å². The van der Waals surface area contributed by atoms with Gasteiger partial charge in [0.15, 0.2) is 11.4 Å². The molecule has 8 nitrogen and oxygen atoms in total. The maximum absolute atomic E-state index is 15.2. The number of aliphatic hydroxyl groups is 1. The highest BCUT2D eigenvalue weighted by molar-refractivity contribution is 6.01. The number of hydrogen-bond acceptors (Lipinski definition) is 6. The summed E-state index contributed by atoms with van der Waals surface area (Å²) in [4.78, 5) is 26.5. The standard InChI is InChI=1S/C20H24FN3O5/c1-20(28)5-7-23(8-6-20)12-9-11-13(16(22)15(12)21)17(25)14(19(26)27)18(29-2)24(11)10-3-4-10/h9-10,28H,3-8,22H2,1-2H3,(H,26,27). The van der Waals surface area contributed by atoms with E-state index in [-0.39, 0.29) is 28.7 Å². The molecule has 1 saturated heterocycles. The molecule has 156 valence electrons. The highest BCUT2D eigenvalue weighted by Crippen LogP contribution is 2.43. The van der Waals surface area contributed by atoms with Crippen molar-refractivity contribution < 1.29 is 24.1 Å². The lowest BCUT2D eigenvalue weighted by molar-refractivity contribution is 0.0350. The number of rotatable bonds is 4. The lowest BCUT2D eigenvalue weighted by Gasteiger charge is -2.37. The molecule has 0 amide bonds. The smallest absolute Gasteiger partial charge is 0.345 e. The molecule has 0 atom stereocenters. The zero-order valence-electron chi connectivity index (χ0n) is 16.4. The first-order valence-corrected chi connectivity index (χ1v) is 9.61. The molecule has 4 N–H and O–H groups in total. The van der Waals surface area contributed by atoms with E-state index in [0.717, 1.165) is 12.8 Å². The minimum absolute atomic E-state index is 0.0362. The van der Waals surface area contributed by atoms with Crippen LogP contribution in [0.2, 0.25) is 0 Å². The zero-order valence-corrected chi connectivity index (χ0v) is 16.4. The molecule has 0 spiro atoms. The van der Waals surface area contributed by atoms with E-state index < -0.39 is 28.4 Å². The average Bonchev–Trinajstić information content (AvgIpc) is 3.48. The van der Waals surface area contributed by atoms with Crippen LogP contribution in [0.15, 0.2) is 10.9 Å². The molecule has 1 aromatic carbocycles. The van der Waals surface area contributed by atoms with Gasteiger partial charge in [-0.15, -0.1) is 0 Å². The number of fused-ring (bicyclic) bond motifs is 1. The fraction of sp³-hybridized carbons (Fsp3) is 0.500. The van der Waals surface area contributed by atoms with E-state index >= 15 is 4.39 Å². The van der Waals surface area contributed by atoms with E-state index in [1.54, 1.807) is 22.5 Å².